The quantitative estimate of drug-likeness (QED) is 0.135. The number of hydrogen-bond donors (Lipinski definition) is 1. The second-order valence-electron chi connectivity index (χ2n) is 9.30. The van der Waals surface area contributed by atoms with Gasteiger partial charge in [0.15, 0.2) is 11.5 Å². The highest BCUT2D eigenvalue weighted by Gasteiger charge is 2.46. The highest BCUT2D eigenvalue weighted by Crippen LogP contribution is 2.42. The monoisotopic (exact) mass is 529 g/mol. The Kier molecular flexibility index (Phi) is 9.26. The molecule has 1 fully saturated rings. The molecule has 0 aromatic heterocycles. The number of likely N-dealkylation sites (tertiary alicyclic amines) is 1. The van der Waals surface area contributed by atoms with Crippen LogP contribution >= 0.6 is 0 Å². The number of ketones is 1. The van der Waals surface area contributed by atoms with Gasteiger partial charge in [0.05, 0.1) is 31.9 Å². The summed E-state index contributed by atoms with van der Waals surface area (Å²) >= 11 is 0. The fourth-order valence-corrected chi connectivity index (χ4v) is 4.68. The van der Waals surface area contributed by atoms with Crippen LogP contribution in [0, 0.1) is 0 Å². The number of aliphatic hydroxyl groups excluding tert-OH is 1. The molecular formula is C32H35NO6. The summed E-state index contributed by atoms with van der Waals surface area (Å²) in [5.41, 5.74) is 2.16. The third-order valence-electron chi connectivity index (χ3n) is 6.72. The van der Waals surface area contributed by atoms with Crippen molar-refractivity contribution in [2.75, 3.05) is 26.9 Å². The number of carbonyl (C=O) groups excluding carboxylic acids is 2. The Morgan fingerprint density at radius 1 is 0.923 bits per heavy atom. The highest BCUT2D eigenvalue weighted by molar-refractivity contribution is 6.46. The van der Waals surface area contributed by atoms with Gasteiger partial charge in [-0.05, 0) is 67.3 Å². The molecule has 0 aliphatic carbocycles. The molecule has 39 heavy (non-hydrogen) atoms. The maximum absolute atomic E-state index is 13.4. The van der Waals surface area contributed by atoms with E-state index in [4.69, 9.17) is 14.2 Å². The van der Waals surface area contributed by atoms with Crippen LogP contribution in [0.5, 0.6) is 17.2 Å². The van der Waals surface area contributed by atoms with E-state index in [0.717, 1.165) is 18.4 Å². The predicted molar refractivity (Wildman–Crippen MR) is 150 cm³/mol. The first kappa shape index (κ1) is 27.8. The summed E-state index contributed by atoms with van der Waals surface area (Å²) in [7, 11) is 1.55. The molecule has 1 heterocycles. The standard InChI is InChI=1S/C32H35NO6/c1-4-6-20-39-26-17-14-24(21-27(26)37-3)29-28(30(34)23-12-15-25(16-13-23)38-5-2)31(35)32(36)33(29)19-18-22-10-8-7-9-11-22/h7-17,21,29,34H,4-6,18-20H2,1-3H3. The fraction of sp³-hybridized carbons (Fsp3) is 0.312. The van der Waals surface area contributed by atoms with Crippen molar-refractivity contribution in [1.29, 1.82) is 0 Å². The first-order valence-electron chi connectivity index (χ1n) is 13.3. The van der Waals surface area contributed by atoms with E-state index in [2.05, 4.69) is 6.92 Å². The fourth-order valence-electron chi connectivity index (χ4n) is 4.68. The lowest BCUT2D eigenvalue weighted by atomic mass is 9.94. The van der Waals surface area contributed by atoms with E-state index in [1.54, 1.807) is 43.5 Å². The average molecular weight is 530 g/mol. The highest BCUT2D eigenvalue weighted by atomic mass is 16.5. The lowest BCUT2D eigenvalue weighted by Crippen LogP contribution is -2.31. The summed E-state index contributed by atoms with van der Waals surface area (Å²) < 4.78 is 17.0. The van der Waals surface area contributed by atoms with Gasteiger partial charge in [0, 0.05) is 12.1 Å². The molecule has 4 rings (SSSR count). The zero-order chi connectivity index (χ0) is 27.8. The van der Waals surface area contributed by atoms with Gasteiger partial charge in [0.1, 0.15) is 11.5 Å². The lowest BCUT2D eigenvalue weighted by molar-refractivity contribution is -0.139. The van der Waals surface area contributed by atoms with E-state index in [0.29, 0.717) is 54.6 Å². The van der Waals surface area contributed by atoms with Crippen LogP contribution in [-0.2, 0) is 16.0 Å². The molecule has 204 valence electrons. The van der Waals surface area contributed by atoms with Crippen molar-refractivity contribution >= 4 is 17.4 Å². The lowest BCUT2D eigenvalue weighted by Gasteiger charge is -2.26. The predicted octanol–water partition coefficient (Wildman–Crippen LogP) is 5.94. The molecular weight excluding hydrogens is 494 g/mol. The molecule has 7 nitrogen and oxygen atoms in total. The molecule has 0 saturated carbocycles. The van der Waals surface area contributed by atoms with Gasteiger partial charge in [-0.3, -0.25) is 9.59 Å². The number of benzene rings is 3. The minimum Gasteiger partial charge on any atom is -0.507 e. The molecule has 1 aliphatic rings. The van der Waals surface area contributed by atoms with Crippen LogP contribution in [0.4, 0.5) is 0 Å². The van der Waals surface area contributed by atoms with Crippen molar-refractivity contribution in [1.82, 2.24) is 4.90 Å². The summed E-state index contributed by atoms with van der Waals surface area (Å²) in [6, 6.07) is 21.2. The van der Waals surface area contributed by atoms with Gasteiger partial charge in [0.25, 0.3) is 11.7 Å². The van der Waals surface area contributed by atoms with Gasteiger partial charge in [-0.25, -0.2) is 0 Å². The number of rotatable bonds is 12. The Balaban J connectivity index is 1.76. The molecule has 7 heteroatoms. The number of aliphatic hydroxyl groups is 1. The molecule has 0 bridgehead atoms. The van der Waals surface area contributed by atoms with Crippen LogP contribution in [0.15, 0.2) is 78.4 Å². The molecule has 1 atom stereocenters. The summed E-state index contributed by atoms with van der Waals surface area (Å²) in [6.07, 6.45) is 2.47. The second kappa shape index (κ2) is 13.0. The average Bonchev–Trinajstić information content (AvgIpc) is 3.22. The first-order chi connectivity index (χ1) is 19.0. The third kappa shape index (κ3) is 6.25. The number of hydrogen-bond acceptors (Lipinski definition) is 6. The van der Waals surface area contributed by atoms with Crippen LogP contribution in [0.1, 0.15) is 49.4 Å². The van der Waals surface area contributed by atoms with E-state index >= 15 is 0 Å². The number of carbonyl (C=O) groups is 2. The Bertz CT molecular complexity index is 1320. The van der Waals surface area contributed by atoms with Crippen molar-refractivity contribution in [3.63, 3.8) is 0 Å². The summed E-state index contributed by atoms with van der Waals surface area (Å²) in [6.45, 7) is 5.35. The van der Waals surface area contributed by atoms with E-state index in [1.807, 2.05) is 43.3 Å². The zero-order valence-electron chi connectivity index (χ0n) is 22.7. The van der Waals surface area contributed by atoms with Gasteiger partial charge in [-0.15, -0.1) is 0 Å². The van der Waals surface area contributed by atoms with E-state index in [1.165, 1.54) is 4.90 Å². The van der Waals surface area contributed by atoms with Crippen molar-refractivity contribution < 1.29 is 28.9 Å². The molecule has 1 amide bonds. The molecule has 1 saturated heterocycles. The maximum atomic E-state index is 13.4. The zero-order valence-corrected chi connectivity index (χ0v) is 22.7. The van der Waals surface area contributed by atoms with Crippen LogP contribution in [-0.4, -0.2) is 48.6 Å². The van der Waals surface area contributed by atoms with Crippen LogP contribution in [0.3, 0.4) is 0 Å². The smallest absolute Gasteiger partial charge is 0.295 e. The van der Waals surface area contributed by atoms with E-state index in [9.17, 15) is 14.7 Å². The molecule has 1 aliphatic heterocycles. The second-order valence-corrected chi connectivity index (χ2v) is 9.30. The van der Waals surface area contributed by atoms with Crippen molar-refractivity contribution in [3.8, 4) is 17.2 Å². The van der Waals surface area contributed by atoms with Crippen LogP contribution in [0.25, 0.3) is 5.76 Å². The minimum absolute atomic E-state index is 0.0407. The van der Waals surface area contributed by atoms with Gasteiger partial charge in [-0.1, -0.05) is 49.7 Å². The van der Waals surface area contributed by atoms with Crippen LogP contribution < -0.4 is 14.2 Å². The number of Topliss-reactive ketones (excluding diaryl/α,β-unsaturated/α-hetero) is 1. The van der Waals surface area contributed by atoms with E-state index < -0.39 is 17.7 Å². The summed E-state index contributed by atoms with van der Waals surface area (Å²) in [5, 5.41) is 11.4. The van der Waals surface area contributed by atoms with Gasteiger partial charge < -0.3 is 24.2 Å². The summed E-state index contributed by atoms with van der Waals surface area (Å²) in [4.78, 5) is 28.3. The number of ether oxygens (including phenoxy) is 3. The molecule has 1 unspecified atom stereocenters. The number of nitrogens with zero attached hydrogens (tertiary/aromatic N) is 1. The van der Waals surface area contributed by atoms with E-state index in [-0.39, 0.29) is 11.3 Å². The van der Waals surface area contributed by atoms with Crippen molar-refractivity contribution in [2.24, 2.45) is 0 Å². The Labute approximate surface area is 229 Å². The molecule has 3 aromatic rings. The van der Waals surface area contributed by atoms with Crippen LogP contribution in [0.2, 0.25) is 0 Å². The van der Waals surface area contributed by atoms with Gasteiger partial charge in [-0.2, -0.15) is 0 Å². The maximum Gasteiger partial charge on any atom is 0.295 e. The normalized spacial score (nSPS) is 16.4. The number of unbranched alkanes of at least 4 members (excludes halogenated alkanes) is 1. The van der Waals surface area contributed by atoms with Gasteiger partial charge in [0.2, 0.25) is 0 Å². The first-order valence-corrected chi connectivity index (χ1v) is 13.3. The van der Waals surface area contributed by atoms with Crippen molar-refractivity contribution in [3.05, 3.63) is 95.1 Å². The Morgan fingerprint density at radius 2 is 1.67 bits per heavy atom. The number of methoxy groups -OCH3 is 1. The van der Waals surface area contributed by atoms with Crippen molar-refractivity contribution in [2.45, 2.75) is 39.2 Å². The Hall–Kier alpha value is -4.26. The topological polar surface area (TPSA) is 85.3 Å². The molecule has 0 radical (unpaired) electrons. The Morgan fingerprint density at radius 3 is 2.33 bits per heavy atom. The minimum atomic E-state index is -0.793. The molecule has 3 aromatic carbocycles. The molecule has 0 spiro atoms. The summed E-state index contributed by atoms with van der Waals surface area (Å²) in [5.74, 6) is 0.135. The SMILES string of the molecule is CCCCOc1ccc(C2C(=C(O)c3ccc(OCC)cc3)C(=O)C(=O)N2CCc2ccccc2)cc1OC. The largest absolute Gasteiger partial charge is 0.507 e. The number of amides is 1. The third-order valence-corrected chi connectivity index (χ3v) is 6.72. The molecule has 1 N–H and O–H groups in total. The van der Waals surface area contributed by atoms with Gasteiger partial charge >= 0.3 is 0 Å².